The summed E-state index contributed by atoms with van der Waals surface area (Å²) in [5.41, 5.74) is 0.617. The van der Waals surface area contributed by atoms with Gasteiger partial charge in [0.15, 0.2) is 0 Å². The highest BCUT2D eigenvalue weighted by molar-refractivity contribution is 8.00. The predicted octanol–water partition coefficient (Wildman–Crippen LogP) is 3.21. The van der Waals surface area contributed by atoms with E-state index < -0.39 is 57.0 Å². The molecule has 2 aliphatic rings. The number of nitro benzene ring substituents is 2. The quantitative estimate of drug-likeness (QED) is 0.118. The van der Waals surface area contributed by atoms with E-state index in [1.165, 1.54) is 60.3 Å². The number of thioether (sulfide) groups is 1. The van der Waals surface area contributed by atoms with Crippen LogP contribution in [0.15, 0.2) is 59.3 Å². The Hall–Kier alpha value is -5.03. The normalized spacial score (nSPS) is 17.4. The van der Waals surface area contributed by atoms with Crippen molar-refractivity contribution in [1.29, 1.82) is 0 Å². The number of carbonyl (C=O) groups is 5. The monoisotopic (exact) mass is 703 g/mol. The van der Waals surface area contributed by atoms with Crippen molar-refractivity contribution in [3.05, 3.63) is 90.6 Å². The SMILES string of the molecule is CCC(=O)NC(CCCC(=O)NC1C(=O)N2C(C(=O)OCc3ccc([N+](=O)[O-])cc3)=C(Cl)CS[C@H]12)C(=O)OCc1ccc([N+](=O)[O-])cc1. The molecule has 3 amide bonds. The summed E-state index contributed by atoms with van der Waals surface area (Å²) in [5.74, 6) is -2.87. The summed E-state index contributed by atoms with van der Waals surface area (Å²) < 4.78 is 10.6. The van der Waals surface area contributed by atoms with Gasteiger partial charge in [-0.1, -0.05) is 18.5 Å². The fourth-order valence-electron chi connectivity index (χ4n) is 4.73. The predicted molar refractivity (Wildman–Crippen MR) is 170 cm³/mol. The van der Waals surface area contributed by atoms with E-state index in [0.717, 1.165) is 4.90 Å². The van der Waals surface area contributed by atoms with Gasteiger partial charge in [0.1, 0.15) is 36.4 Å². The van der Waals surface area contributed by atoms with Crippen molar-refractivity contribution in [2.45, 2.75) is 63.3 Å². The van der Waals surface area contributed by atoms with Gasteiger partial charge in [-0.05, 0) is 48.2 Å². The van der Waals surface area contributed by atoms with E-state index in [1.54, 1.807) is 6.92 Å². The molecule has 2 N–H and O–H groups in total. The lowest BCUT2D eigenvalue weighted by molar-refractivity contribution is -0.385. The van der Waals surface area contributed by atoms with Gasteiger partial charge in [-0.2, -0.15) is 0 Å². The van der Waals surface area contributed by atoms with E-state index in [-0.39, 0.29) is 66.8 Å². The Labute approximate surface area is 282 Å². The van der Waals surface area contributed by atoms with Crippen molar-refractivity contribution in [2.24, 2.45) is 0 Å². The average Bonchev–Trinajstić information content (AvgIpc) is 3.08. The molecular weight excluding hydrogens is 674 g/mol. The highest BCUT2D eigenvalue weighted by Gasteiger charge is 2.54. The molecule has 0 aliphatic carbocycles. The fourth-order valence-corrected chi connectivity index (χ4v) is 6.28. The third-order valence-corrected chi connectivity index (χ3v) is 9.07. The Balaban J connectivity index is 1.26. The zero-order valence-electron chi connectivity index (χ0n) is 25.4. The molecule has 18 heteroatoms. The molecule has 0 saturated carbocycles. The first kappa shape index (κ1) is 35.8. The van der Waals surface area contributed by atoms with E-state index in [4.69, 9.17) is 21.1 Å². The van der Waals surface area contributed by atoms with Crippen LogP contribution in [0.5, 0.6) is 0 Å². The summed E-state index contributed by atoms with van der Waals surface area (Å²) in [5, 5.41) is 26.4. The molecule has 2 unspecified atom stereocenters. The summed E-state index contributed by atoms with van der Waals surface area (Å²) in [6, 6.07) is 8.87. The van der Waals surface area contributed by atoms with Gasteiger partial charge in [-0.3, -0.25) is 39.5 Å². The van der Waals surface area contributed by atoms with Crippen LogP contribution in [-0.2, 0) is 46.7 Å². The molecule has 2 heterocycles. The van der Waals surface area contributed by atoms with Gasteiger partial charge < -0.3 is 20.1 Å². The van der Waals surface area contributed by atoms with E-state index in [1.807, 2.05) is 0 Å². The number of rotatable bonds is 15. The molecule has 1 saturated heterocycles. The molecule has 2 aromatic carbocycles. The Kier molecular flexibility index (Phi) is 12.1. The van der Waals surface area contributed by atoms with Crippen LogP contribution >= 0.6 is 23.4 Å². The number of ether oxygens (including phenoxy) is 2. The zero-order valence-corrected chi connectivity index (χ0v) is 27.0. The third-order valence-electron chi connectivity index (χ3n) is 7.31. The van der Waals surface area contributed by atoms with Crippen molar-refractivity contribution in [2.75, 3.05) is 5.75 Å². The van der Waals surface area contributed by atoms with Gasteiger partial charge in [-0.25, -0.2) is 9.59 Å². The van der Waals surface area contributed by atoms with Crippen LogP contribution in [0.1, 0.15) is 43.7 Å². The Morgan fingerprint density at radius 3 is 2.06 bits per heavy atom. The minimum atomic E-state index is -1.05. The number of amides is 3. The summed E-state index contributed by atoms with van der Waals surface area (Å²) in [4.78, 5) is 85.2. The molecule has 254 valence electrons. The fraction of sp³-hybridized carbons (Fsp3) is 0.367. The van der Waals surface area contributed by atoms with Crippen LogP contribution in [0.2, 0.25) is 0 Å². The molecule has 0 aromatic heterocycles. The Morgan fingerprint density at radius 2 is 1.52 bits per heavy atom. The van der Waals surface area contributed by atoms with E-state index in [9.17, 15) is 44.2 Å². The van der Waals surface area contributed by atoms with Crippen molar-refractivity contribution >= 4 is 64.4 Å². The first-order valence-electron chi connectivity index (χ1n) is 14.6. The number of halogens is 1. The van der Waals surface area contributed by atoms with E-state index in [2.05, 4.69) is 10.6 Å². The zero-order chi connectivity index (χ0) is 35.0. The van der Waals surface area contributed by atoms with Crippen molar-refractivity contribution in [3.63, 3.8) is 0 Å². The average molecular weight is 704 g/mol. The molecular formula is C30H30ClN5O11S. The molecule has 48 heavy (non-hydrogen) atoms. The van der Waals surface area contributed by atoms with Gasteiger partial charge in [-0.15, -0.1) is 11.8 Å². The standard InChI is InChI=1S/C30H30ClN5O11S/c1-2-23(37)32-22(29(40)46-14-17-6-10-19(11-7-17)35(42)43)4-3-5-24(38)33-25-27(39)34-26(21(31)16-48-28(25)34)30(41)47-15-18-8-12-20(13-9-18)36(44)45/h6-13,22,25,28H,2-5,14-16H2,1H3,(H,32,37)(H,33,38)/t22?,25?,28-/m1/s1. The first-order valence-corrected chi connectivity index (χ1v) is 16.0. The molecule has 3 atom stereocenters. The topological polar surface area (TPSA) is 217 Å². The second kappa shape index (κ2) is 16.2. The maximum absolute atomic E-state index is 13.0. The summed E-state index contributed by atoms with van der Waals surface area (Å²) in [6.45, 7) is 1.21. The van der Waals surface area contributed by atoms with Crippen LogP contribution in [0.4, 0.5) is 11.4 Å². The molecule has 0 spiro atoms. The van der Waals surface area contributed by atoms with Crippen LogP contribution in [0.3, 0.4) is 0 Å². The Morgan fingerprint density at radius 1 is 0.958 bits per heavy atom. The van der Waals surface area contributed by atoms with Gasteiger partial charge in [0.05, 0.1) is 14.9 Å². The number of carbonyl (C=O) groups excluding carboxylic acids is 5. The van der Waals surface area contributed by atoms with E-state index in [0.29, 0.717) is 11.1 Å². The molecule has 0 bridgehead atoms. The number of nitrogens with zero attached hydrogens (tertiary/aromatic N) is 3. The van der Waals surface area contributed by atoms with Crippen LogP contribution < -0.4 is 10.6 Å². The maximum Gasteiger partial charge on any atom is 0.356 e. The Bertz CT molecular complexity index is 1630. The highest BCUT2D eigenvalue weighted by Crippen LogP contribution is 2.41. The number of non-ortho nitro benzene ring substituents is 2. The van der Waals surface area contributed by atoms with Gasteiger partial charge >= 0.3 is 11.9 Å². The maximum atomic E-state index is 13.0. The lowest BCUT2D eigenvalue weighted by Crippen LogP contribution is -2.70. The molecule has 2 aliphatic heterocycles. The summed E-state index contributed by atoms with van der Waals surface area (Å²) >= 11 is 7.53. The lowest BCUT2D eigenvalue weighted by Gasteiger charge is -2.49. The minimum absolute atomic E-state index is 0.0598. The second-order valence-electron chi connectivity index (χ2n) is 10.6. The third kappa shape index (κ3) is 8.86. The first-order chi connectivity index (χ1) is 22.9. The number of β-lactam (4-membered cyclic amide) rings is 1. The molecule has 0 radical (unpaired) electrons. The highest BCUT2D eigenvalue weighted by atomic mass is 35.5. The van der Waals surface area contributed by atoms with E-state index >= 15 is 0 Å². The van der Waals surface area contributed by atoms with Crippen LogP contribution in [0.25, 0.3) is 0 Å². The lowest BCUT2D eigenvalue weighted by atomic mass is 10.0. The number of hydrogen-bond acceptors (Lipinski definition) is 12. The number of benzene rings is 2. The number of fused-ring (bicyclic) bond motifs is 1. The number of nitro groups is 2. The van der Waals surface area contributed by atoms with Crippen LogP contribution in [0, 0.1) is 20.2 Å². The molecule has 2 aromatic rings. The molecule has 16 nitrogen and oxygen atoms in total. The summed E-state index contributed by atoms with van der Waals surface area (Å²) in [6.07, 6.45) is 0.235. The van der Waals surface area contributed by atoms with Crippen molar-refractivity contribution in [1.82, 2.24) is 15.5 Å². The number of nitrogens with one attached hydrogen (secondary N) is 2. The molecule has 4 rings (SSSR count). The van der Waals surface area contributed by atoms with Gasteiger partial charge in [0.2, 0.25) is 11.8 Å². The van der Waals surface area contributed by atoms with Gasteiger partial charge in [0, 0.05) is 42.9 Å². The second-order valence-corrected chi connectivity index (χ2v) is 12.2. The minimum Gasteiger partial charge on any atom is -0.459 e. The van der Waals surface area contributed by atoms with Crippen LogP contribution in [-0.4, -0.2) is 67.6 Å². The van der Waals surface area contributed by atoms with Crippen molar-refractivity contribution < 1.29 is 43.3 Å². The summed E-state index contributed by atoms with van der Waals surface area (Å²) in [7, 11) is 0. The largest absolute Gasteiger partial charge is 0.459 e. The molecule has 1 fully saturated rings. The number of esters is 2. The number of hydrogen-bond donors (Lipinski definition) is 2. The van der Waals surface area contributed by atoms with Gasteiger partial charge in [0.25, 0.3) is 17.3 Å². The van der Waals surface area contributed by atoms with Crippen molar-refractivity contribution in [3.8, 4) is 0 Å². The smallest absolute Gasteiger partial charge is 0.356 e.